The van der Waals surface area contributed by atoms with E-state index in [1.807, 2.05) is 0 Å². The fourth-order valence-corrected chi connectivity index (χ4v) is 4.12. The molecule has 3 fully saturated rings. The van der Waals surface area contributed by atoms with Gasteiger partial charge in [-0.1, -0.05) is 6.42 Å². The molecule has 0 spiro atoms. The van der Waals surface area contributed by atoms with Gasteiger partial charge in [0.1, 0.15) is 5.60 Å². The van der Waals surface area contributed by atoms with Gasteiger partial charge in [-0.05, 0) is 56.8 Å². The van der Waals surface area contributed by atoms with Crippen LogP contribution in [0.2, 0.25) is 0 Å². The maximum Gasteiger partial charge on any atom is 0.167 e. The van der Waals surface area contributed by atoms with E-state index in [0.29, 0.717) is 5.92 Å². The molecule has 2 bridgehead atoms. The summed E-state index contributed by atoms with van der Waals surface area (Å²) in [5, 5.41) is 10.3. The summed E-state index contributed by atoms with van der Waals surface area (Å²) in [7, 11) is 0. The van der Waals surface area contributed by atoms with E-state index >= 15 is 0 Å². The highest BCUT2D eigenvalue weighted by atomic mass is 16.3. The molecule has 3 unspecified atom stereocenters. The number of carbonyl (C=O) groups excluding carboxylic acids is 1. The number of aliphatic hydroxyl groups is 1. The molecule has 0 radical (unpaired) electrons. The van der Waals surface area contributed by atoms with Gasteiger partial charge >= 0.3 is 0 Å². The van der Waals surface area contributed by atoms with Crippen molar-refractivity contribution in [3.63, 3.8) is 0 Å². The third-order valence-corrected chi connectivity index (χ3v) is 4.96. The molecule has 15 heavy (non-hydrogen) atoms. The van der Waals surface area contributed by atoms with E-state index in [1.54, 1.807) is 0 Å². The van der Waals surface area contributed by atoms with Gasteiger partial charge in [-0.2, -0.15) is 0 Å². The first kappa shape index (κ1) is 9.83. The SMILES string of the molecule is O=C(C1CC2CCC1C2)C1(O)CCCC1. The summed E-state index contributed by atoms with van der Waals surface area (Å²) in [6.07, 6.45) is 8.40. The molecule has 84 valence electrons. The standard InChI is InChI=1S/C13H20O2/c14-12(13(15)5-1-2-6-13)11-8-9-3-4-10(11)7-9/h9-11,15H,1-8H2. The fraction of sp³-hybridized carbons (Fsp3) is 0.923. The lowest BCUT2D eigenvalue weighted by molar-refractivity contribution is -0.142. The lowest BCUT2D eigenvalue weighted by Gasteiger charge is -2.29. The van der Waals surface area contributed by atoms with Crippen LogP contribution in [0.15, 0.2) is 0 Å². The highest BCUT2D eigenvalue weighted by molar-refractivity contribution is 5.90. The molecule has 0 aliphatic heterocycles. The largest absolute Gasteiger partial charge is 0.382 e. The van der Waals surface area contributed by atoms with E-state index in [4.69, 9.17) is 0 Å². The van der Waals surface area contributed by atoms with Crippen molar-refractivity contribution in [1.29, 1.82) is 0 Å². The Hall–Kier alpha value is -0.370. The summed E-state index contributed by atoms with van der Waals surface area (Å²) >= 11 is 0. The van der Waals surface area contributed by atoms with Gasteiger partial charge in [-0.25, -0.2) is 0 Å². The van der Waals surface area contributed by atoms with Gasteiger partial charge in [0.25, 0.3) is 0 Å². The normalized spacial score (nSPS) is 42.3. The molecular weight excluding hydrogens is 188 g/mol. The quantitative estimate of drug-likeness (QED) is 0.756. The maximum absolute atomic E-state index is 12.3. The molecular formula is C13H20O2. The molecule has 2 nitrogen and oxygen atoms in total. The molecule has 0 heterocycles. The maximum atomic E-state index is 12.3. The minimum absolute atomic E-state index is 0.201. The highest BCUT2D eigenvalue weighted by Gasteiger charge is 2.49. The summed E-state index contributed by atoms with van der Waals surface area (Å²) in [6, 6.07) is 0. The zero-order chi connectivity index (χ0) is 10.5. The van der Waals surface area contributed by atoms with E-state index < -0.39 is 5.60 Å². The fourth-order valence-electron chi connectivity index (χ4n) is 4.12. The molecule has 2 heteroatoms. The zero-order valence-corrected chi connectivity index (χ0v) is 9.24. The van der Waals surface area contributed by atoms with Gasteiger partial charge in [0, 0.05) is 5.92 Å². The van der Waals surface area contributed by atoms with E-state index in [9.17, 15) is 9.90 Å². The first-order chi connectivity index (χ1) is 7.19. The average Bonchev–Trinajstić information content (AvgIpc) is 2.91. The summed E-state index contributed by atoms with van der Waals surface area (Å²) in [5.74, 6) is 1.83. The van der Waals surface area contributed by atoms with Gasteiger partial charge in [-0.3, -0.25) is 4.79 Å². The van der Waals surface area contributed by atoms with Gasteiger partial charge in [0.05, 0.1) is 0 Å². The molecule has 1 N–H and O–H groups in total. The Bertz CT molecular complexity index is 278. The predicted octanol–water partition coefficient (Wildman–Crippen LogP) is 2.30. The van der Waals surface area contributed by atoms with Crippen LogP contribution in [0.1, 0.15) is 51.4 Å². The first-order valence-electron chi connectivity index (χ1n) is 6.46. The zero-order valence-electron chi connectivity index (χ0n) is 9.24. The summed E-state index contributed by atoms with van der Waals surface area (Å²) < 4.78 is 0. The Kier molecular flexibility index (Phi) is 2.17. The van der Waals surface area contributed by atoms with E-state index in [0.717, 1.165) is 38.0 Å². The van der Waals surface area contributed by atoms with Gasteiger partial charge < -0.3 is 5.11 Å². The van der Waals surface area contributed by atoms with Crippen molar-refractivity contribution in [3.05, 3.63) is 0 Å². The van der Waals surface area contributed by atoms with Crippen LogP contribution in [0.4, 0.5) is 0 Å². The van der Waals surface area contributed by atoms with Crippen molar-refractivity contribution < 1.29 is 9.90 Å². The molecule has 0 aromatic carbocycles. The van der Waals surface area contributed by atoms with Crippen molar-refractivity contribution in [2.75, 3.05) is 0 Å². The summed E-state index contributed by atoms with van der Waals surface area (Å²) in [4.78, 5) is 12.3. The van der Waals surface area contributed by atoms with E-state index in [1.165, 1.54) is 19.3 Å². The second-order valence-corrected chi connectivity index (χ2v) is 5.88. The van der Waals surface area contributed by atoms with Crippen LogP contribution in [-0.4, -0.2) is 16.5 Å². The van der Waals surface area contributed by atoms with Crippen LogP contribution < -0.4 is 0 Å². The first-order valence-corrected chi connectivity index (χ1v) is 6.46. The molecule has 0 saturated heterocycles. The average molecular weight is 208 g/mol. The predicted molar refractivity (Wildman–Crippen MR) is 57.4 cm³/mol. The number of fused-ring (bicyclic) bond motifs is 2. The molecule has 0 aromatic heterocycles. The molecule has 3 atom stereocenters. The number of ketones is 1. The number of Topliss-reactive ketones (excluding diaryl/α,β-unsaturated/α-hetero) is 1. The summed E-state index contributed by atoms with van der Waals surface area (Å²) in [6.45, 7) is 0. The molecule has 0 aromatic rings. The number of hydrogen-bond donors (Lipinski definition) is 1. The smallest absolute Gasteiger partial charge is 0.167 e. The van der Waals surface area contributed by atoms with Gasteiger partial charge in [0.2, 0.25) is 0 Å². The summed E-state index contributed by atoms with van der Waals surface area (Å²) in [5.41, 5.74) is -0.921. The van der Waals surface area contributed by atoms with Crippen LogP contribution in [0.5, 0.6) is 0 Å². The van der Waals surface area contributed by atoms with E-state index in [-0.39, 0.29) is 11.7 Å². The third kappa shape index (κ3) is 1.45. The second kappa shape index (κ2) is 3.31. The molecule has 3 saturated carbocycles. The molecule has 3 aliphatic rings. The lowest BCUT2D eigenvalue weighted by Crippen LogP contribution is -2.41. The Morgan fingerprint density at radius 1 is 1.13 bits per heavy atom. The second-order valence-electron chi connectivity index (χ2n) is 5.88. The monoisotopic (exact) mass is 208 g/mol. The Morgan fingerprint density at radius 2 is 1.87 bits per heavy atom. The third-order valence-electron chi connectivity index (χ3n) is 4.96. The van der Waals surface area contributed by atoms with Gasteiger partial charge in [-0.15, -0.1) is 0 Å². The molecule has 0 amide bonds. The van der Waals surface area contributed by atoms with Crippen molar-refractivity contribution in [3.8, 4) is 0 Å². The number of carbonyl (C=O) groups is 1. The minimum atomic E-state index is -0.921. The van der Waals surface area contributed by atoms with E-state index in [2.05, 4.69) is 0 Å². The molecule has 3 rings (SSSR count). The van der Waals surface area contributed by atoms with Crippen molar-refractivity contribution in [2.24, 2.45) is 17.8 Å². The minimum Gasteiger partial charge on any atom is -0.382 e. The molecule has 3 aliphatic carbocycles. The Balaban J connectivity index is 1.74. The Labute approximate surface area is 91.1 Å². The van der Waals surface area contributed by atoms with Crippen molar-refractivity contribution >= 4 is 5.78 Å². The lowest BCUT2D eigenvalue weighted by atomic mass is 9.78. The topological polar surface area (TPSA) is 37.3 Å². The van der Waals surface area contributed by atoms with Gasteiger partial charge in [0.15, 0.2) is 5.78 Å². The van der Waals surface area contributed by atoms with Crippen molar-refractivity contribution in [2.45, 2.75) is 57.0 Å². The van der Waals surface area contributed by atoms with Crippen LogP contribution in [0, 0.1) is 17.8 Å². The van der Waals surface area contributed by atoms with Crippen LogP contribution in [0.25, 0.3) is 0 Å². The highest BCUT2D eigenvalue weighted by Crippen LogP contribution is 2.50. The number of rotatable bonds is 2. The number of hydrogen-bond acceptors (Lipinski definition) is 2. The van der Waals surface area contributed by atoms with Crippen LogP contribution in [-0.2, 0) is 4.79 Å². The van der Waals surface area contributed by atoms with Crippen LogP contribution >= 0.6 is 0 Å². The van der Waals surface area contributed by atoms with Crippen molar-refractivity contribution in [1.82, 2.24) is 0 Å². The Morgan fingerprint density at radius 3 is 2.40 bits per heavy atom. The van der Waals surface area contributed by atoms with Crippen LogP contribution in [0.3, 0.4) is 0 Å².